The van der Waals surface area contributed by atoms with Crippen LogP contribution in [0.4, 0.5) is 5.82 Å². The third kappa shape index (κ3) is 4.33. The fraction of sp³-hybridized carbons (Fsp3) is 0.111. The van der Waals surface area contributed by atoms with Crippen LogP contribution < -0.4 is 10.1 Å². The monoisotopic (exact) mass is 352 g/mol. The molecule has 0 saturated heterocycles. The standard InChI is InChI=1S/C18H16N4O2S/c1-2-14-15(6-5-9-19-14)24-16-10-13(11-21-18(16)22-12-23)25-17-7-3-4-8-20-17/h3-12H,2H2,1H3,(H,21,22,23). The van der Waals surface area contributed by atoms with Gasteiger partial charge in [-0.3, -0.25) is 9.78 Å². The second-order valence-corrected chi connectivity index (χ2v) is 6.05. The number of hydrogen-bond donors (Lipinski definition) is 1. The van der Waals surface area contributed by atoms with Crippen molar-refractivity contribution in [2.75, 3.05) is 5.32 Å². The number of anilines is 1. The summed E-state index contributed by atoms with van der Waals surface area (Å²) < 4.78 is 5.98. The van der Waals surface area contributed by atoms with E-state index in [-0.39, 0.29) is 0 Å². The van der Waals surface area contributed by atoms with Crippen LogP contribution in [0.15, 0.2) is 64.9 Å². The molecule has 6 nitrogen and oxygen atoms in total. The number of hydrogen-bond acceptors (Lipinski definition) is 6. The Morgan fingerprint density at radius 1 is 1.12 bits per heavy atom. The number of ether oxygens (including phenoxy) is 1. The van der Waals surface area contributed by atoms with Crippen LogP contribution in [0.3, 0.4) is 0 Å². The Morgan fingerprint density at radius 2 is 2.00 bits per heavy atom. The first-order valence-corrected chi connectivity index (χ1v) is 8.52. The first-order valence-electron chi connectivity index (χ1n) is 7.71. The minimum atomic E-state index is 0.353. The van der Waals surface area contributed by atoms with Gasteiger partial charge in [0.05, 0.1) is 5.69 Å². The highest BCUT2D eigenvalue weighted by Crippen LogP contribution is 2.34. The van der Waals surface area contributed by atoms with Crippen LogP contribution in [-0.4, -0.2) is 21.4 Å². The smallest absolute Gasteiger partial charge is 0.212 e. The molecule has 3 rings (SSSR count). The lowest BCUT2D eigenvalue weighted by Crippen LogP contribution is -2.01. The molecule has 0 atom stereocenters. The van der Waals surface area contributed by atoms with Crippen molar-refractivity contribution in [2.24, 2.45) is 0 Å². The van der Waals surface area contributed by atoms with Crippen molar-refractivity contribution in [2.45, 2.75) is 23.3 Å². The Labute approximate surface area is 149 Å². The molecule has 0 aliphatic rings. The maximum atomic E-state index is 10.8. The minimum absolute atomic E-state index is 0.353. The molecule has 0 spiro atoms. The number of amides is 1. The Morgan fingerprint density at radius 3 is 2.76 bits per heavy atom. The van der Waals surface area contributed by atoms with E-state index in [9.17, 15) is 4.79 Å². The van der Waals surface area contributed by atoms with E-state index in [0.29, 0.717) is 23.7 Å². The quantitative estimate of drug-likeness (QED) is 0.649. The molecule has 0 aliphatic carbocycles. The summed E-state index contributed by atoms with van der Waals surface area (Å²) in [5.41, 5.74) is 0.835. The molecule has 1 amide bonds. The summed E-state index contributed by atoms with van der Waals surface area (Å²) >= 11 is 1.46. The molecule has 25 heavy (non-hydrogen) atoms. The van der Waals surface area contributed by atoms with Gasteiger partial charge in [-0.2, -0.15) is 0 Å². The Bertz CT molecular complexity index is 859. The predicted octanol–water partition coefficient (Wildman–Crippen LogP) is 3.95. The normalized spacial score (nSPS) is 10.3. The molecule has 7 heteroatoms. The number of carbonyl (C=O) groups excluding carboxylic acids is 1. The summed E-state index contributed by atoms with van der Waals surface area (Å²) in [6.07, 6.45) is 6.44. The summed E-state index contributed by atoms with van der Waals surface area (Å²) in [5, 5.41) is 3.41. The molecule has 3 aromatic heterocycles. The van der Waals surface area contributed by atoms with Crippen molar-refractivity contribution in [3.8, 4) is 11.5 Å². The molecule has 0 fully saturated rings. The third-order valence-corrected chi connectivity index (χ3v) is 4.20. The molecule has 1 N–H and O–H groups in total. The number of aromatic nitrogens is 3. The van der Waals surface area contributed by atoms with Crippen LogP contribution in [0.5, 0.6) is 11.5 Å². The number of aryl methyl sites for hydroxylation is 1. The van der Waals surface area contributed by atoms with Gasteiger partial charge in [0, 0.05) is 29.6 Å². The highest BCUT2D eigenvalue weighted by molar-refractivity contribution is 7.99. The van der Waals surface area contributed by atoms with Crippen molar-refractivity contribution in [1.82, 2.24) is 15.0 Å². The predicted molar refractivity (Wildman–Crippen MR) is 96.0 cm³/mol. The van der Waals surface area contributed by atoms with Crippen molar-refractivity contribution in [1.29, 1.82) is 0 Å². The average Bonchev–Trinajstić information content (AvgIpc) is 2.65. The molecule has 0 aliphatic heterocycles. The summed E-state index contributed by atoms with van der Waals surface area (Å²) in [5.74, 6) is 1.45. The fourth-order valence-electron chi connectivity index (χ4n) is 2.15. The van der Waals surface area contributed by atoms with Crippen LogP contribution in [0.25, 0.3) is 0 Å². The van der Waals surface area contributed by atoms with E-state index in [1.54, 1.807) is 24.7 Å². The zero-order chi connectivity index (χ0) is 17.5. The Kier molecular flexibility index (Phi) is 5.58. The van der Waals surface area contributed by atoms with E-state index < -0.39 is 0 Å². The van der Waals surface area contributed by atoms with Crippen LogP contribution in [0.2, 0.25) is 0 Å². The van der Waals surface area contributed by atoms with Crippen molar-refractivity contribution in [3.05, 3.63) is 60.7 Å². The van der Waals surface area contributed by atoms with E-state index in [2.05, 4.69) is 20.3 Å². The first kappa shape index (κ1) is 16.9. The second-order valence-electron chi connectivity index (χ2n) is 4.95. The van der Waals surface area contributed by atoms with Gasteiger partial charge < -0.3 is 10.1 Å². The summed E-state index contributed by atoms with van der Waals surface area (Å²) in [4.78, 5) is 24.6. The maximum Gasteiger partial charge on any atom is 0.212 e. The average molecular weight is 352 g/mol. The van der Waals surface area contributed by atoms with Gasteiger partial charge in [-0.05, 0) is 30.7 Å². The summed E-state index contributed by atoms with van der Waals surface area (Å²) in [6, 6.07) is 11.2. The molecule has 0 saturated carbocycles. The number of nitrogens with one attached hydrogen (secondary N) is 1. The van der Waals surface area contributed by atoms with Crippen molar-refractivity contribution < 1.29 is 9.53 Å². The fourth-order valence-corrected chi connectivity index (χ4v) is 2.93. The first-order chi connectivity index (χ1) is 12.3. The number of nitrogens with zero attached hydrogens (tertiary/aromatic N) is 3. The van der Waals surface area contributed by atoms with Gasteiger partial charge in [-0.25, -0.2) is 9.97 Å². The van der Waals surface area contributed by atoms with E-state index >= 15 is 0 Å². The van der Waals surface area contributed by atoms with Crippen LogP contribution in [0, 0.1) is 0 Å². The number of carbonyl (C=O) groups is 1. The Hall–Kier alpha value is -2.93. The van der Waals surface area contributed by atoms with Gasteiger partial charge in [-0.1, -0.05) is 24.8 Å². The highest BCUT2D eigenvalue weighted by atomic mass is 32.2. The lowest BCUT2D eigenvalue weighted by Gasteiger charge is -2.13. The molecule has 0 unspecified atom stereocenters. The largest absolute Gasteiger partial charge is 0.452 e. The van der Waals surface area contributed by atoms with Gasteiger partial charge in [-0.15, -0.1) is 0 Å². The molecule has 0 aromatic carbocycles. The van der Waals surface area contributed by atoms with Gasteiger partial charge in [0.15, 0.2) is 11.6 Å². The molecule has 0 radical (unpaired) electrons. The van der Waals surface area contributed by atoms with Crippen LogP contribution in [-0.2, 0) is 11.2 Å². The van der Waals surface area contributed by atoms with Crippen molar-refractivity contribution in [3.63, 3.8) is 0 Å². The highest BCUT2D eigenvalue weighted by Gasteiger charge is 2.12. The third-order valence-electron chi connectivity index (χ3n) is 3.29. The molecular weight excluding hydrogens is 336 g/mol. The topological polar surface area (TPSA) is 77.0 Å². The zero-order valence-corrected chi connectivity index (χ0v) is 14.4. The van der Waals surface area contributed by atoms with Gasteiger partial charge in [0.1, 0.15) is 10.8 Å². The molecule has 0 bridgehead atoms. The van der Waals surface area contributed by atoms with Gasteiger partial charge in [0.25, 0.3) is 0 Å². The van der Waals surface area contributed by atoms with Crippen LogP contribution >= 0.6 is 11.8 Å². The van der Waals surface area contributed by atoms with Crippen molar-refractivity contribution >= 4 is 24.0 Å². The second kappa shape index (κ2) is 8.25. The lowest BCUT2D eigenvalue weighted by atomic mass is 10.2. The number of rotatable bonds is 7. The lowest BCUT2D eigenvalue weighted by molar-refractivity contribution is -0.105. The van der Waals surface area contributed by atoms with E-state index in [0.717, 1.165) is 22.0 Å². The van der Waals surface area contributed by atoms with E-state index in [1.807, 2.05) is 37.3 Å². The van der Waals surface area contributed by atoms with Gasteiger partial charge >= 0.3 is 0 Å². The van der Waals surface area contributed by atoms with E-state index in [4.69, 9.17) is 4.74 Å². The Balaban J connectivity index is 1.92. The molecule has 126 valence electrons. The molecular formula is C18H16N4O2S. The van der Waals surface area contributed by atoms with E-state index in [1.165, 1.54) is 11.8 Å². The zero-order valence-electron chi connectivity index (χ0n) is 13.5. The maximum absolute atomic E-state index is 10.8. The molecule has 3 aromatic rings. The summed E-state index contributed by atoms with van der Waals surface area (Å²) in [7, 11) is 0. The SMILES string of the molecule is CCc1ncccc1Oc1cc(Sc2ccccn2)cnc1NC=O. The number of pyridine rings is 3. The van der Waals surface area contributed by atoms with Crippen LogP contribution in [0.1, 0.15) is 12.6 Å². The summed E-state index contributed by atoms with van der Waals surface area (Å²) in [6.45, 7) is 2.01. The van der Waals surface area contributed by atoms with Gasteiger partial charge in [0.2, 0.25) is 6.41 Å². The molecule has 3 heterocycles. The minimum Gasteiger partial charge on any atom is -0.452 e.